The van der Waals surface area contributed by atoms with Crippen LogP contribution in [0.25, 0.3) is 10.9 Å². The van der Waals surface area contributed by atoms with Gasteiger partial charge in [0.1, 0.15) is 5.69 Å². The van der Waals surface area contributed by atoms with E-state index in [9.17, 15) is 18.0 Å². The lowest BCUT2D eigenvalue weighted by Crippen LogP contribution is -2.19. The molecular weight excluding hydrogens is 235 g/mol. The molecule has 7 heteroatoms. The minimum Gasteiger partial charge on any atom is -0.351 e. The largest absolute Gasteiger partial charge is 0.431 e. The van der Waals surface area contributed by atoms with E-state index < -0.39 is 17.9 Å². The standard InChI is InChI=1S/C10H8F3N3O/c11-10(12,13)8-4-5-3-6(15-9(14)17)1-2-7(5)16-8/h1-4,16H,(H3,14,15,17). The highest BCUT2D eigenvalue weighted by Crippen LogP contribution is 2.31. The number of halogens is 3. The third kappa shape index (κ3) is 2.32. The van der Waals surface area contributed by atoms with Gasteiger partial charge < -0.3 is 16.0 Å². The third-order valence-electron chi connectivity index (χ3n) is 2.19. The lowest BCUT2D eigenvalue weighted by atomic mass is 10.2. The molecule has 0 aliphatic rings. The Morgan fingerprint density at radius 1 is 1.29 bits per heavy atom. The molecule has 0 spiro atoms. The third-order valence-corrected chi connectivity index (χ3v) is 2.19. The fourth-order valence-electron chi connectivity index (χ4n) is 1.51. The molecule has 4 N–H and O–H groups in total. The summed E-state index contributed by atoms with van der Waals surface area (Å²) in [5.41, 5.74) is 4.76. The first-order valence-corrected chi connectivity index (χ1v) is 4.63. The molecule has 0 aliphatic heterocycles. The highest BCUT2D eigenvalue weighted by atomic mass is 19.4. The Hall–Kier alpha value is -2.18. The number of anilines is 1. The maximum Gasteiger partial charge on any atom is 0.431 e. The first-order valence-electron chi connectivity index (χ1n) is 4.63. The number of primary amides is 1. The van der Waals surface area contributed by atoms with Gasteiger partial charge in [-0.3, -0.25) is 0 Å². The van der Waals surface area contributed by atoms with Crippen LogP contribution >= 0.6 is 0 Å². The number of alkyl halides is 3. The highest BCUT2D eigenvalue weighted by Gasteiger charge is 2.32. The zero-order chi connectivity index (χ0) is 12.6. The van der Waals surface area contributed by atoms with E-state index in [2.05, 4.69) is 10.3 Å². The van der Waals surface area contributed by atoms with Gasteiger partial charge in [-0.15, -0.1) is 0 Å². The van der Waals surface area contributed by atoms with Gasteiger partial charge in [0.2, 0.25) is 0 Å². The number of nitrogens with two attached hydrogens (primary N) is 1. The molecule has 2 rings (SSSR count). The second-order valence-corrected chi connectivity index (χ2v) is 3.47. The van der Waals surface area contributed by atoms with Gasteiger partial charge in [0, 0.05) is 16.6 Å². The summed E-state index contributed by atoms with van der Waals surface area (Å²) >= 11 is 0. The van der Waals surface area contributed by atoms with Crippen molar-refractivity contribution in [3.63, 3.8) is 0 Å². The van der Waals surface area contributed by atoms with Crippen molar-refractivity contribution in [3.05, 3.63) is 30.0 Å². The van der Waals surface area contributed by atoms with Crippen molar-refractivity contribution < 1.29 is 18.0 Å². The lowest BCUT2D eigenvalue weighted by Gasteiger charge is -2.00. The number of hydrogen-bond acceptors (Lipinski definition) is 1. The van der Waals surface area contributed by atoms with E-state index in [1.165, 1.54) is 18.2 Å². The summed E-state index contributed by atoms with van der Waals surface area (Å²) in [4.78, 5) is 12.8. The number of aromatic nitrogens is 1. The molecule has 1 aromatic heterocycles. The van der Waals surface area contributed by atoms with Gasteiger partial charge in [0.25, 0.3) is 0 Å². The number of rotatable bonds is 1. The van der Waals surface area contributed by atoms with E-state index in [4.69, 9.17) is 5.73 Å². The first kappa shape index (κ1) is 11.3. The second kappa shape index (κ2) is 3.69. The van der Waals surface area contributed by atoms with E-state index in [1.54, 1.807) is 0 Å². The molecule has 0 bridgehead atoms. The minimum absolute atomic E-state index is 0.340. The van der Waals surface area contributed by atoms with Crippen LogP contribution in [0.4, 0.5) is 23.7 Å². The number of hydrogen-bond donors (Lipinski definition) is 3. The molecule has 1 heterocycles. The molecule has 4 nitrogen and oxygen atoms in total. The summed E-state index contributed by atoms with van der Waals surface area (Å²) in [5, 5.41) is 2.64. The molecule has 0 atom stereocenters. The monoisotopic (exact) mass is 243 g/mol. The van der Waals surface area contributed by atoms with Crippen molar-refractivity contribution in [3.8, 4) is 0 Å². The van der Waals surface area contributed by atoms with Crippen LogP contribution in [0.2, 0.25) is 0 Å². The lowest BCUT2D eigenvalue weighted by molar-refractivity contribution is -0.140. The Morgan fingerprint density at radius 2 is 2.00 bits per heavy atom. The number of fused-ring (bicyclic) bond motifs is 1. The Morgan fingerprint density at radius 3 is 2.59 bits per heavy atom. The molecule has 0 unspecified atom stereocenters. The molecule has 90 valence electrons. The van der Waals surface area contributed by atoms with Gasteiger partial charge in [0.15, 0.2) is 0 Å². The van der Waals surface area contributed by atoms with Crippen molar-refractivity contribution in [1.82, 2.24) is 4.98 Å². The number of carbonyl (C=O) groups is 1. The van der Waals surface area contributed by atoms with Crippen LogP contribution in [0, 0.1) is 0 Å². The average molecular weight is 243 g/mol. The van der Waals surface area contributed by atoms with Crippen LogP contribution in [-0.4, -0.2) is 11.0 Å². The number of benzene rings is 1. The SMILES string of the molecule is NC(=O)Nc1ccc2[nH]c(C(F)(F)F)cc2c1. The van der Waals surface area contributed by atoms with E-state index >= 15 is 0 Å². The molecule has 17 heavy (non-hydrogen) atoms. The van der Waals surface area contributed by atoms with Gasteiger partial charge in [0.05, 0.1) is 0 Å². The maximum absolute atomic E-state index is 12.4. The van der Waals surface area contributed by atoms with Crippen molar-refractivity contribution >= 4 is 22.6 Å². The molecule has 0 saturated heterocycles. The van der Waals surface area contributed by atoms with Crippen molar-refractivity contribution in [1.29, 1.82) is 0 Å². The Balaban J connectivity index is 2.44. The Labute approximate surface area is 93.6 Å². The Kier molecular flexibility index (Phi) is 2.45. The topological polar surface area (TPSA) is 70.9 Å². The summed E-state index contributed by atoms with van der Waals surface area (Å²) in [6, 6.07) is 4.52. The molecule has 1 aromatic carbocycles. The number of urea groups is 1. The van der Waals surface area contributed by atoms with Gasteiger partial charge >= 0.3 is 12.2 Å². The number of nitrogens with one attached hydrogen (secondary N) is 2. The van der Waals surface area contributed by atoms with Crippen molar-refractivity contribution in [2.45, 2.75) is 6.18 Å². The number of amides is 2. The average Bonchev–Trinajstić information content (AvgIpc) is 2.58. The normalized spacial score (nSPS) is 11.7. The number of carbonyl (C=O) groups excluding carboxylic acids is 1. The van der Waals surface area contributed by atoms with E-state index in [1.807, 2.05) is 0 Å². The zero-order valence-corrected chi connectivity index (χ0v) is 8.43. The predicted molar refractivity (Wildman–Crippen MR) is 56.5 cm³/mol. The zero-order valence-electron chi connectivity index (χ0n) is 8.43. The fourth-order valence-corrected chi connectivity index (χ4v) is 1.51. The maximum atomic E-state index is 12.4. The van der Waals surface area contributed by atoms with E-state index in [-0.39, 0.29) is 0 Å². The van der Waals surface area contributed by atoms with Gasteiger partial charge in [-0.2, -0.15) is 13.2 Å². The first-order chi connectivity index (χ1) is 7.86. The molecule has 2 amide bonds. The van der Waals surface area contributed by atoms with Crippen LogP contribution in [0.1, 0.15) is 5.69 Å². The highest BCUT2D eigenvalue weighted by molar-refractivity contribution is 5.92. The summed E-state index contributed by atoms with van der Waals surface area (Å²) < 4.78 is 37.2. The van der Waals surface area contributed by atoms with Crippen molar-refractivity contribution in [2.24, 2.45) is 5.73 Å². The van der Waals surface area contributed by atoms with Gasteiger partial charge in [-0.25, -0.2) is 4.79 Å². The van der Waals surface area contributed by atoms with E-state index in [0.29, 0.717) is 16.6 Å². The summed E-state index contributed by atoms with van der Waals surface area (Å²) in [6.45, 7) is 0. The predicted octanol–water partition coefficient (Wildman–Crippen LogP) is 2.68. The van der Waals surface area contributed by atoms with Crippen molar-refractivity contribution in [2.75, 3.05) is 5.32 Å². The Bertz CT molecular complexity index is 574. The summed E-state index contributed by atoms with van der Waals surface area (Å²) in [7, 11) is 0. The fraction of sp³-hybridized carbons (Fsp3) is 0.100. The molecular formula is C10H8F3N3O. The van der Waals surface area contributed by atoms with Crippen LogP contribution < -0.4 is 11.1 Å². The second-order valence-electron chi connectivity index (χ2n) is 3.47. The number of H-pyrrole nitrogens is 1. The smallest absolute Gasteiger partial charge is 0.351 e. The van der Waals surface area contributed by atoms with E-state index in [0.717, 1.165) is 6.07 Å². The minimum atomic E-state index is -4.42. The van der Waals surface area contributed by atoms with Crippen LogP contribution in [0.5, 0.6) is 0 Å². The molecule has 0 aliphatic carbocycles. The quantitative estimate of drug-likeness (QED) is 0.708. The van der Waals surface area contributed by atoms with Crippen LogP contribution in [0.3, 0.4) is 0 Å². The van der Waals surface area contributed by atoms with Crippen LogP contribution in [0.15, 0.2) is 24.3 Å². The van der Waals surface area contributed by atoms with Gasteiger partial charge in [-0.1, -0.05) is 0 Å². The summed E-state index contributed by atoms with van der Waals surface area (Å²) in [6.07, 6.45) is -4.42. The molecule has 0 radical (unpaired) electrons. The summed E-state index contributed by atoms with van der Waals surface area (Å²) in [5.74, 6) is 0. The molecule has 0 fully saturated rings. The molecule has 2 aromatic rings. The number of aromatic amines is 1. The van der Waals surface area contributed by atoms with Gasteiger partial charge in [-0.05, 0) is 24.3 Å². The van der Waals surface area contributed by atoms with Crippen LogP contribution in [-0.2, 0) is 6.18 Å². The molecule has 0 saturated carbocycles.